The molecule has 5 heteroatoms. The lowest BCUT2D eigenvalue weighted by atomic mass is 10.2. The Morgan fingerprint density at radius 1 is 1.35 bits per heavy atom. The minimum absolute atomic E-state index is 0.140. The highest BCUT2D eigenvalue weighted by Crippen LogP contribution is 2.34. The lowest BCUT2D eigenvalue weighted by Gasteiger charge is -2.25. The molecule has 0 bridgehead atoms. The molecule has 2 heterocycles. The van der Waals surface area contributed by atoms with Crippen molar-refractivity contribution < 1.29 is 4.79 Å². The summed E-state index contributed by atoms with van der Waals surface area (Å²) in [6.07, 6.45) is 2.74. The third-order valence-corrected chi connectivity index (χ3v) is 5.44. The molecule has 0 radical (unpaired) electrons. The first kappa shape index (κ1) is 16.4. The zero-order valence-electron chi connectivity index (χ0n) is 14.0. The summed E-state index contributed by atoms with van der Waals surface area (Å²) in [4.78, 5) is 19.5. The van der Waals surface area contributed by atoms with Crippen molar-refractivity contribution in [3.8, 4) is 0 Å². The van der Waals surface area contributed by atoms with Crippen molar-refractivity contribution in [3.05, 3.63) is 30.1 Å². The van der Waals surface area contributed by atoms with Gasteiger partial charge in [0.05, 0.1) is 17.1 Å². The minimum atomic E-state index is 0.140. The number of aryl methyl sites for hydroxylation is 1. The first-order valence-electron chi connectivity index (χ1n) is 8.58. The molecule has 1 aromatic carbocycles. The van der Waals surface area contributed by atoms with E-state index in [9.17, 15) is 4.79 Å². The van der Waals surface area contributed by atoms with Crippen LogP contribution in [0.5, 0.6) is 0 Å². The van der Waals surface area contributed by atoms with Crippen LogP contribution in [0, 0.1) is 0 Å². The molecule has 1 aliphatic heterocycles. The Morgan fingerprint density at radius 3 is 2.96 bits per heavy atom. The molecule has 1 aliphatic rings. The summed E-state index contributed by atoms with van der Waals surface area (Å²) in [5.41, 5.74) is 2.20. The second-order valence-electron chi connectivity index (χ2n) is 5.90. The van der Waals surface area contributed by atoms with E-state index in [-0.39, 0.29) is 11.9 Å². The van der Waals surface area contributed by atoms with E-state index in [1.165, 1.54) is 5.52 Å². The summed E-state index contributed by atoms with van der Waals surface area (Å²) in [7, 11) is 0. The predicted molar refractivity (Wildman–Crippen MR) is 96.7 cm³/mol. The van der Waals surface area contributed by atoms with Crippen molar-refractivity contribution in [1.82, 2.24) is 14.5 Å². The van der Waals surface area contributed by atoms with Gasteiger partial charge in [0.15, 0.2) is 0 Å². The number of likely N-dealkylation sites (tertiary alicyclic amines) is 1. The molecular weight excluding hydrogens is 306 g/mol. The van der Waals surface area contributed by atoms with Gasteiger partial charge in [-0.25, -0.2) is 4.98 Å². The SMILES string of the molecule is CCSCCC(=O)N1CCC[C@@H]1c1nc2ccccc2n1CC. The molecule has 23 heavy (non-hydrogen) atoms. The summed E-state index contributed by atoms with van der Waals surface area (Å²) in [6, 6.07) is 8.40. The molecular formula is C18H25N3OS. The molecule has 2 aromatic rings. The molecule has 0 aliphatic carbocycles. The van der Waals surface area contributed by atoms with Crippen molar-refractivity contribution in [2.45, 2.75) is 45.7 Å². The van der Waals surface area contributed by atoms with E-state index < -0.39 is 0 Å². The summed E-state index contributed by atoms with van der Waals surface area (Å²) in [6.45, 7) is 6.04. The molecule has 4 nitrogen and oxygen atoms in total. The Kier molecular flexibility index (Phi) is 5.26. The van der Waals surface area contributed by atoms with Gasteiger partial charge in [-0.3, -0.25) is 4.79 Å². The smallest absolute Gasteiger partial charge is 0.224 e. The van der Waals surface area contributed by atoms with Crippen molar-refractivity contribution in [3.63, 3.8) is 0 Å². The fraction of sp³-hybridized carbons (Fsp3) is 0.556. The number of benzene rings is 1. The monoisotopic (exact) mass is 331 g/mol. The third kappa shape index (κ3) is 3.25. The summed E-state index contributed by atoms with van der Waals surface area (Å²) in [5, 5.41) is 0. The molecule has 1 fully saturated rings. The van der Waals surface area contributed by atoms with E-state index in [1.54, 1.807) is 0 Å². The van der Waals surface area contributed by atoms with Crippen LogP contribution in [-0.4, -0.2) is 38.4 Å². The highest BCUT2D eigenvalue weighted by molar-refractivity contribution is 7.99. The number of carbonyl (C=O) groups is 1. The molecule has 0 unspecified atom stereocenters. The lowest BCUT2D eigenvalue weighted by molar-refractivity contribution is -0.131. The Hall–Kier alpha value is -1.49. The van der Waals surface area contributed by atoms with Crippen molar-refractivity contribution in [2.24, 2.45) is 0 Å². The summed E-state index contributed by atoms with van der Waals surface area (Å²) >= 11 is 1.84. The Balaban J connectivity index is 1.86. The maximum absolute atomic E-state index is 12.6. The van der Waals surface area contributed by atoms with Gasteiger partial charge in [0.1, 0.15) is 5.82 Å². The molecule has 1 atom stereocenters. The van der Waals surface area contributed by atoms with Crippen LogP contribution in [0.1, 0.15) is 45.0 Å². The maximum atomic E-state index is 12.6. The number of rotatable bonds is 6. The fourth-order valence-corrected chi connectivity index (χ4v) is 4.07. The molecule has 0 saturated carbocycles. The Bertz CT molecular complexity index is 682. The number of nitrogens with zero attached hydrogens (tertiary/aromatic N) is 3. The average Bonchev–Trinajstić information content (AvgIpc) is 3.18. The number of hydrogen-bond donors (Lipinski definition) is 0. The molecule has 1 aromatic heterocycles. The number of para-hydroxylation sites is 2. The zero-order chi connectivity index (χ0) is 16.2. The van der Waals surface area contributed by atoms with E-state index in [1.807, 2.05) is 17.8 Å². The van der Waals surface area contributed by atoms with Crippen molar-refractivity contribution >= 4 is 28.7 Å². The highest BCUT2D eigenvalue weighted by atomic mass is 32.2. The van der Waals surface area contributed by atoms with Gasteiger partial charge in [-0.15, -0.1) is 0 Å². The first-order chi connectivity index (χ1) is 11.3. The average molecular weight is 331 g/mol. The van der Waals surface area contributed by atoms with Gasteiger partial charge < -0.3 is 9.47 Å². The molecule has 1 saturated heterocycles. The second kappa shape index (κ2) is 7.39. The molecule has 0 spiro atoms. The van der Waals surface area contributed by atoms with Crippen LogP contribution >= 0.6 is 11.8 Å². The normalized spacial score (nSPS) is 18.0. The molecule has 0 N–H and O–H groups in total. The van der Waals surface area contributed by atoms with Gasteiger partial charge in [-0.2, -0.15) is 11.8 Å². The van der Waals surface area contributed by atoms with E-state index in [2.05, 4.69) is 41.5 Å². The van der Waals surface area contributed by atoms with Crippen LogP contribution in [-0.2, 0) is 11.3 Å². The van der Waals surface area contributed by atoms with Gasteiger partial charge in [-0.1, -0.05) is 19.1 Å². The fourth-order valence-electron chi connectivity index (χ4n) is 3.46. The van der Waals surface area contributed by atoms with Crippen LogP contribution < -0.4 is 0 Å². The standard InChI is InChI=1S/C18H25N3OS/c1-3-20-15-9-6-5-8-14(15)19-18(20)16-10-7-12-21(16)17(22)11-13-23-4-2/h5-6,8-9,16H,3-4,7,10-13H2,1-2H3/t16-/m1/s1. The largest absolute Gasteiger partial charge is 0.332 e. The minimum Gasteiger partial charge on any atom is -0.332 e. The second-order valence-corrected chi connectivity index (χ2v) is 7.29. The van der Waals surface area contributed by atoms with Crippen molar-refractivity contribution in [2.75, 3.05) is 18.1 Å². The number of hydrogen-bond acceptors (Lipinski definition) is 3. The topological polar surface area (TPSA) is 38.1 Å². The number of thioether (sulfide) groups is 1. The highest BCUT2D eigenvalue weighted by Gasteiger charge is 2.33. The number of aromatic nitrogens is 2. The molecule has 3 rings (SSSR count). The van der Waals surface area contributed by atoms with Crippen LogP contribution in [0.3, 0.4) is 0 Å². The first-order valence-corrected chi connectivity index (χ1v) is 9.74. The number of carbonyl (C=O) groups excluding carboxylic acids is 1. The molecule has 1 amide bonds. The quantitative estimate of drug-likeness (QED) is 0.754. The summed E-state index contributed by atoms with van der Waals surface area (Å²) < 4.78 is 2.27. The zero-order valence-corrected chi connectivity index (χ0v) is 14.8. The van der Waals surface area contributed by atoms with Crippen LogP contribution in [0.4, 0.5) is 0 Å². The maximum Gasteiger partial charge on any atom is 0.224 e. The van der Waals surface area contributed by atoms with Crippen LogP contribution in [0.2, 0.25) is 0 Å². The predicted octanol–water partition coefficient (Wildman–Crippen LogP) is 3.86. The third-order valence-electron chi connectivity index (χ3n) is 4.54. The Morgan fingerprint density at radius 2 is 2.17 bits per heavy atom. The van der Waals surface area contributed by atoms with Gasteiger partial charge in [-0.05, 0) is 37.7 Å². The molecule has 124 valence electrons. The van der Waals surface area contributed by atoms with E-state index in [0.29, 0.717) is 6.42 Å². The van der Waals surface area contributed by atoms with E-state index in [4.69, 9.17) is 4.98 Å². The number of fused-ring (bicyclic) bond motifs is 1. The van der Waals surface area contributed by atoms with Gasteiger partial charge >= 0.3 is 0 Å². The van der Waals surface area contributed by atoms with E-state index in [0.717, 1.165) is 48.8 Å². The lowest BCUT2D eigenvalue weighted by Crippen LogP contribution is -2.32. The van der Waals surface area contributed by atoms with Gasteiger partial charge in [0.2, 0.25) is 5.91 Å². The number of imidazole rings is 1. The van der Waals surface area contributed by atoms with E-state index >= 15 is 0 Å². The van der Waals surface area contributed by atoms with Gasteiger partial charge in [0, 0.05) is 25.3 Å². The number of amides is 1. The van der Waals surface area contributed by atoms with Gasteiger partial charge in [0.25, 0.3) is 0 Å². The Labute approximate surface area is 142 Å². The summed E-state index contributed by atoms with van der Waals surface area (Å²) in [5.74, 6) is 3.33. The van der Waals surface area contributed by atoms with Crippen molar-refractivity contribution in [1.29, 1.82) is 0 Å². The van der Waals surface area contributed by atoms with Crippen LogP contribution in [0.25, 0.3) is 11.0 Å². The van der Waals surface area contributed by atoms with Crippen LogP contribution in [0.15, 0.2) is 24.3 Å².